The van der Waals surface area contributed by atoms with Crippen LogP contribution in [-0.2, 0) is 9.53 Å². The highest BCUT2D eigenvalue weighted by atomic mass is 16.6. The Balaban J connectivity index is 1.50. The van der Waals surface area contributed by atoms with E-state index < -0.39 is 23.6 Å². The molecule has 1 fully saturated rings. The summed E-state index contributed by atoms with van der Waals surface area (Å²) in [5.74, 6) is 0.418. The van der Waals surface area contributed by atoms with Gasteiger partial charge >= 0.3 is 6.09 Å². The summed E-state index contributed by atoms with van der Waals surface area (Å²) in [6.07, 6.45) is 0.0974. The molecule has 198 valence electrons. The molecular formula is C27H34N4O6. The van der Waals surface area contributed by atoms with Crippen LogP contribution in [-0.4, -0.2) is 60.3 Å². The second-order valence-corrected chi connectivity index (χ2v) is 10.3. The number of nitrogens with two attached hydrogens (primary N) is 1. The van der Waals surface area contributed by atoms with Crippen LogP contribution in [0.1, 0.15) is 49.5 Å². The number of nitrogen functional groups attached to an aromatic ring is 1. The standard InChI is InChI=1S/C27H34N4O6/c1-16-5-7-20(19(28)13-16)30-25(33)21-15-18(9-10-31(21)26(34)37-27(2,3)4)29-24(32)17-6-8-22-23(14-17)36-12-11-35-22/h5-8,13-14,18,21H,9-12,15,28H2,1-4H3,(H,29,32)(H,30,33). The molecule has 0 aliphatic carbocycles. The van der Waals surface area contributed by atoms with Crippen molar-refractivity contribution in [2.75, 3.05) is 30.8 Å². The lowest BCUT2D eigenvalue weighted by Crippen LogP contribution is -2.57. The van der Waals surface area contributed by atoms with Crippen molar-refractivity contribution in [3.63, 3.8) is 0 Å². The highest BCUT2D eigenvalue weighted by Crippen LogP contribution is 2.31. The van der Waals surface area contributed by atoms with Crippen LogP contribution in [0.5, 0.6) is 11.5 Å². The molecule has 0 aromatic heterocycles. The lowest BCUT2D eigenvalue weighted by atomic mass is 9.96. The Labute approximate surface area is 216 Å². The van der Waals surface area contributed by atoms with Gasteiger partial charge in [0, 0.05) is 18.2 Å². The van der Waals surface area contributed by atoms with E-state index >= 15 is 0 Å². The van der Waals surface area contributed by atoms with E-state index in [1.165, 1.54) is 4.90 Å². The SMILES string of the molecule is Cc1ccc(NC(=O)C2CC(NC(=O)c3ccc4c(c3)OCCO4)CCN2C(=O)OC(C)(C)C)c(N)c1. The van der Waals surface area contributed by atoms with Gasteiger partial charge in [-0.3, -0.25) is 14.5 Å². The number of ether oxygens (including phenoxy) is 3. The Morgan fingerprint density at radius 3 is 2.49 bits per heavy atom. The maximum Gasteiger partial charge on any atom is 0.410 e. The first-order chi connectivity index (χ1) is 17.5. The van der Waals surface area contributed by atoms with E-state index in [9.17, 15) is 14.4 Å². The fourth-order valence-corrected chi connectivity index (χ4v) is 4.35. The minimum Gasteiger partial charge on any atom is -0.486 e. The third-order valence-corrected chi connectivity index (χ3v) is 6.14. The lowest BCUT2D eigenvalue weighted by Gasteiger charge is -2.39. The smallest absolute Gasteiger partial charge is 0.410 e. The monoisotopic (exact) mass is 510 g/mol. The molecule has 4 rings (SSSR count). The Hall–Kier alpha value is -3.95. The first-order valence-electron chi connectivity index (χ1n) is 12.4. The van der Waals surface area contributed by atoms with Crippen molar-refractivity contribution in [2.45, 2.75) is 58.2 Å². The van der Waals surface area contributed by atoms with E-state index in [-0.39, 0.29) is 24.9 Å². The van der Waals surface area contributed by atoms with Gasteiger partial charge in [-0.2, -0.15) is 0 Å². The van der Waals surface area contributed by atoms with Crippen LogP contribution in [0.4, 0.5) is 16.2 Å². The number of hydrogen-bond donors (Lipinski definition) is 3. The molecule has 2 aliphatic rings. The Morgan fingerprint density at radius 2 is 1.78 bits per heavy atom. The van der Waals surface area contributed by atoms with Gasteiger partial charge in [-0.1, -0.05) is 6.07 Å². The number of nitrogens with one attached hydrogen (secondary N) is 2. The summed E-state index contributed by atoms with van der Waals surface area (Å²) in [6.45, 7) is 8.34. The van der Waals surface area contributed by atoms with Gasteiger partial charge in [-0.15, -0.1) is 0 Å². The van der Waals surface area contributed by atoms with Gasteiger partial charge in [-0.25, -0.2) is 4.79 Å². The molecule has 10 heteroatoms. The zero-order chi connectivity index (χ0) is 26.7. The predicted octanol–water partition coefficient (Wildman–Crippen LogP) is 3.49. The van der Waals surface area contributed by atoms with Crippen molar-refractivity contribution < 1.29 is 28.6 Å². The summed E-state index contributed by atoms with van der Waals surface area (Å²) in [4.78, 5) is 40.8. The third-order valence-electron chi connectivity index (χ3n) is 6.14. The van der Waals surface area contributed by atoms with Gasteiger partial charge in [0.05, 0.1) is 11.4 Å². The molecular weight excluding hydrogens is 476 g/mol. The van der Waals surface area contributed by atoms with E-state index in [0.717, 1.165) is 5.56 Å². The van der Waals surface area contributed by atoms with Crippen molar-refractivity contribution >= 4 is 29.3 Å². The minimum absolute atomic E-state index is 0.215. The molecule has 0 bridgehead atoms. The number of benzene rings is 2. The van der Waals surface area contributed by atoms with E-state index in [2.05, 4.69) is 10.6 Å². The molecule has 3 amide bonds. The Kier molecular flexibility index (Phi) is 7.47. The van der Waals surface area contributed by atoms with Crippen LogP contribution in [0.25, 0.3) is 0 Å². The summed E-state index contributed by atoms with van der Waals surface area (Å²) in [7, 11) is 0. The quantitative estimate of drug-likeness (QED) is 0.537. The minimum atomic E-state index is -0.866. The molecule has 2 aromatic rings. The molecule has 37 heavy (non-hydrogen) atoms. The normalized spacial score (nSPS) is 19.1. The van der Waals surface area contributed by atoms with Gasteiger partial charge in [0.15, 0.2) is 11.5 Å². The fraction of sp³-hybridized carbons (Fsp3) is 0.444. The summed E-state index contributed by atoms with van der Waals surface area (Å²) in [6, 6.07) is 9.14. The number of amides is 3. The number of carbonyl (C=O) groups is 3. The van der Waals surface area contributed by atoms with Gasteiger partial charge in [0.1, 0.15) is 24.9 Å². The highest BCUT2D eigenvalue weighted by molar-refractivity contribution is 5.99. The third kappa shape index (κ3) is 6.44. The van der Waals surface area contributed by atoms with Crippen LogP contribution in [0.2, 0.25) is 0 Å². The maximum atomic E-state index is 13.4. The van der Waals surface area contributed by atoms with Gasteiger partial charge < -0.3 is 30.6 Å². The number of likely N-dealkylation sites (tertiary alicyclic amines) is 1. The molecule has 10 nitrogen and oxygen atoms in total. The Bertz CT molecular complexity index is 1190. The summed E-state index contributed by atoms with van der Waals surface area (Å²) in [5.41, 5.74) is 7.64. The number of carbonyl (C=O) groups excluding carboxylic acids is 3. The van der Waals surface area contributed by atoms with Crippen molar-refractivity contribution in [1.82, 2.24) is 10.2 Å². The van der Waals surface area contributed by atoms with Crippen molar-refractivity contribution in [2.24, 2.45) is 0 Å². The highest BCUT2D eigenvalue weighted by Gasteiger charge is 2.39. The maximum absolute atomic E-state index is 13.4. The Morgan fingerprint density at radius 1 is 1.05 bits per heavy atom. The van der Waals surface area contributed by atoms with E-state index in [1.807, 2.05) is 13.0 Å². The van der Waals surface area contributed by atoms with Crippen LogP contribution in [0.3, 0.4) is 0 Å². The first-order valence-corrected chi connectivity index (χ1v) is 12.4. The van der Waals surface area contributed by atoms with E-state index in [0.29, 0.717) is 48.1 Å². The first kappa shape index (κ1) is 26.1. The molecule has 2 aliphatic heterocycles. The van der Waals surface area contributed by atoms with Crippen molar-refractivity contribution in [3.8, 4) is 11.5 Å². The number of hydrogen-bond acceptors (Lipinski definition) is 7. The predicted molar refractivity (Wildman–Crippen MR) is 139 cm³/mol. The zero-order valence-corrected chi connectivity index (χ0v) is 21.6. The molecule has 0 saturated carbocycles. The van der Waals surface area contributed by atoms with E-state index in [4.69, 9.17) is 19.9 Å². The van der Waals surface area contributed by atoms with E-state index in [1.54, 1.807) is 51.1 Å². The second kappa shape index (κ2) is 10.6. The molecule has 2 atom stereocenters. The average Bonchev–Trinajstić information content (AvgIpc) is 2.84. The van der Waals surface area contributed by atoms with Gasteiger partial charge in [0.2, 0.25) is 5.91 Å². The number of anilines is 2. The zero-order valence-electron chi connectivity index (χ0n) is 21.6. The molecule has 4 N–H and O–H groups in total. The fourth-order valence-electron chi connectivity index (χ4n) is 4.35. The van der Waals surface area contributed by atoms with Gasteiger partial charge in [0.25, 0.3) is 5.91 Å². The van der Waals surface area contributed by atoms with Crippen LogP contribution >= 0.6 is 0 Å². The van der Waals surface area contributed by atoms with Gasteiger partial charge in [-0.05, 0) is 76.4 Å². The van der Waals surface area contributed by atoms with Crippen LogP contribution in [0.15, 0.2) is 36.4 Å². The number of rotatable bonds is 4. The summed E-state index contributed by atoms with van der Waals surface area (Å²) in [5, 5.41) is 5.84. The topological polar surface area (TPSA) is 132 Å². The lowest BCUT2D eigenvalue weighted by molar-refractivity contribution is -0.122. The molecule has 1 saturated heterocycles. The second-order valence-electron chi connectivity index (χ2n) is 10.3. The molecule has 2 unspecified atom stereocenters. The number of nitrogens with zero attached hydrogens (tertiary/aromatic N) is 1. The summed E-state index contributed by atoms with van der Waals surface area (Å²) < 4.78 is 16.7. The van der Waals surface area contributed by atoms with Crippen LogP contribution < -0.4 is 25.8 Å². The molecule has 2 aromatic carbocycles. The largest absolute Gasteiger partial charge is 0.486 e. The molecule has 2 heterocycles. The van der Waals surface area contributed by atoms with Crippen molar-refractivity contribution in [3.05, 3.63) is 47.5 Å². The molecule has 0 spiro atoms. The van der Waals surface area contributed by atoms with Crippen molar-refractivity contribution in [1.29, 1.82) is 0 Å². The number of piperidine rings is 1. The number of aryl methyl sites for hydroxylation is 1. The molecule has 0 radical (unpaired) electrons. The number of fused-ring (bicyclic) bond motifs is 1. The summed E-state index contributed by atoms with van der Waals surface area (Å²) >= 11 is 0. The average molecular weight is 511 g/mol. The van der Waals surface area contributed by atoms with Crippen LogP contribution in [0, 0.1) is 6.92 Å².